The van der Waals surface area contributed by atoms with Gasteiger partial charge in [-0.2, -0.15) is 0 Å². The number of benzene rings is 2. The van der Waals surface area contributed by atoms with E-state index in [9.17, 15) is 9.59 Å². The smallest absolute Gasteiger partial charge is 0.297 e. The molecule has 1 atom stereocenters. The topological polar surface area (TPSA) is 85.5 Å². The molecule has 0 saturated heterocycles. The van der Waals surface area contributed by atoms with Crippen molar-refractivity contribution < 1.29 is 13.9 Å². The number of amides is 1. The van der Waals surface area contributed by atoms with E-state index >= 15 is 0 Å². The van der Waals surface area contributed by atoms with Crippen molar-refractivity contribution in [3.8, 4) is 5.75 Å². The summed E-state index contributed by atoms with van der Waals surface area (Å²) in [6.45, 7) is 6.52. The lowest BCUT2D eigenvalue weighted by atomic mass is 9.98. The third-order valence-corrected chi connectivity index (χ3v) is 6.70. The Morgan fingerprint density at radius 2 is 1.97 bits per heavy atom. The molecule has 2 aromatic heterocycles. The molecule has 4 aromatic rings. The molecule has 8 heteroatoms. The second-order valence-corrected chi connectivity index (χ2v) is 9.04. The maximum atomic E-state index is 13.7. The van der Waals surface area contributed by atoms with Crippen molar-refractivity contribution in [2.24, 2.45) is 0 Å². The molecule has 1 amide bonds. The number of rotatable bonds is 6. The van der Waals surface area contributed by atoms with Crippen LogP contribution in [0, 0.1) is 6.92 Å². The van der Waals surface area contributed by atoms with Gasteiger partial charge in [-0.25, -0.2) is 0 Å². The minimum Gasteiger partial charge on any atom is -0.494 e. The Balaban J connectivity index is 1.75. The Morgan fingerprint density at radius 3 is 2.73 bits per heavy atom. The summed E-state index contributed by atoms with van der Waals surface area (Å²) in [7, 11) is 0. The predicted octanol–water partition coefficient (Wildman–Crippen LogP) is 5.05. The zero-order valence-electron chi connectivity index (χ0n) is 18.6. The molecule has 0 aliphatic carbocycles. The fourth-order valence-corrected chi connectivity index (χ4v) is 4.88. The van der Waals surface area contributed by atoms with E-state index in [1.807, 2.05) is 51.1 Å². The number of ether oxygens (including phenoxy) is 1. The summed E-state index contributed by atoms with van der Waals surface area (Å²) < 4.78 is 11.8. The van der Waals surface area contributed by atoms with Crippen LogP contribution >= 0.6 is 11.3 Å². The molecule has 3 heterocycles. The molecule has 0 bridgehead atoms. The van der Waals surface area contributed by atoms with E-state index in [1.54, 1.807) is 12.1 Å². The van der Waals surface area contributed by atoms with Crippen LogP contribution in [0.3, 0.4) is 0 Å². The van der Waals surface area contributed by atoms with Gasteiger partial charge >= 0.3 is 0 Å². The monoisotopic (exact) mass is 461 g/mol. The maximum Gasteiger partial charge on any atom is 0.297 e. The quantitative estimate of drug-likeness (QED) is 0.399. The highest BCUT2D eigenvalue weighted by molar-refractivity contribution is 7.15. The number of carbonyl (C=O) groups is 1. The van der Waals surface area contributed by atoms with Crippen LogP contribution in [0.25, 0.3) is 11.0 Å². The Kier molecular flexibility index (Phi) is 5.46. The van der Waals surface area contributed by atoms with Crippen molar-refractivity contribution in [2.75, 3.05) is 11.5 Å². The Bertz CT molecular complexity index is 1420. The first kappa shape index (κ1) is 21.3. The van der Waals surface area contributed by atoms with Gasteiger partial charge in [-0.1, -0.05) is 48.9 Å². The van der Waals surface area contributed by atoms with Gasteiger partial charge in [-0.3, -0.25) is 14.5 Å². The molecule has 1 aliphatic heterocycles. The van der Waals surface area contributed by atoms with Gasteiger partial charge in [0.25, 0.3) is 5.91 Å². The molecule has 0 fully saturated rings. The van der Waals surface area contributed by atoms with Gasteiger partial charge < -0.3 is 9.15 Å². The van der Waals surface area contributed by atoms with Gasteiger partial charge in [0.2, 0.25) is 10.9 Å². The molecule has 168 valence electrons. The van der Waals surface area contributed by atoms with E-state index in [1.165, 1.54) is 16.2 Å². The van der Waals surface area contributed by atoms with Crippen molar-refractivity contribution >= 4 is 33.3 Å². The molecule has 0 unspecified atom stereocenters. The van der Waals surface area contributed by atoms with Gasteiger partial charge in [-0.15, -0.1) is 10.2 Å². The largest absolute Gasteiger partial charge is 0.494 e. The lowest BCUT2D eigenvalue weighted by molar-refractivity contribution is 0.0970. The molecular formula is C25H23N3O4S. The average molecular weight is 462 g/mol. The summed E-state index contributed by atoms with van der Waals surface area (Å²) >= 11 is 1.34. The SMILES string of the molecule is CCCOc1cccc([C@@H]2c3c(oc4ccc(C)cc4c3=O)C(=O)N2c2nnc(CC)s2)c1. The van der Waals surface area contributed by atoms with Crippen LogP contribution in [0.2, 0.25) is 0 Å². The highest BCUT2D eigenvalue weighted by atomic mass is 32.1. The second kappa shape index (κ2) is 8.44. The standard InChI is InChI=1S/C25H23N3O4S/c1-4-11-31-16-8-6-7-15(13-16)21-20-22(29)17-12-14(3)9-10-18(17)32-23(20)24(30)28(21)25-27-26-19(5-2)33-25/h6-10,12-13,21H,4-5,11H2,1-3H3/t21-/m1/s1. The lowest BCUT2D eigenvalue weighted by Gasteiger charge is -2.22. The molecule has 0 spiro atoms. The van der Waals surface area contributed by atoms with Gasteiger partial charge in [0.05, 0.1) is 23.6 Å². The highest BCUT2D eigenvalue weighted by Gasteiger charge is 2.45. The Hall–Kier alpha value is -3.52. The first-order valence-corrected chi connectivity index (χ1v) is 11.8. The van der Waals surface area contributed by atoms with Gasteiger partial charge in [-0.05, 0) is 49.6 Å². The van der Waals surface area contributed by atoms with Crippen LogP contribution < -0.4 is 15.1 Å². The summed E-state index contributed by atoms with van der Waals surface area (Å²) in [5.74, 6) is 0.338. The maximum absolute atomic E-state index is 13.7. The molecule has 0 N–H and O–H groups in total. The number of aryl methyl sites for hydroxylation is 2. The van der Waals surface area contributed by atoms with Gasteiger partial charge in [0.1, 0.15) is 16.3 Å². The normalized spacial score (nSPS) is 15.3. The summed E-state index contributed by atoms with van der Waals surface area (Å²) in [4.78, 5) is 28.8. The molecule has 0 saturated carbocycles. The fraction of sp³-hybridized carbons (Fsp3) is 0.280. The van der Waals surface area contributed by atoms with Crippen molar-refractivity contribution in [1.82, 2.24) is 10.2 Å². The first-order valence-electron chi connectivity index (χ1n) is 11.0. The third-order valence-electron chi connectivity index (χ3n) is 5.64. The minimum absolute atomic E-state index is 0.0504. The number of anilines is 1. The second-order valence-electron chi connectivity index (χ2n) is 8.00. The van der Waals surface area contributed by atoms with Crippen LogP contribution in [0.15, 0.2) is 51.7 Å². The summed E-state index contributed by atoms with van der Waals surface area (Å²) in [6, 6.07) is 12.2. The molecule has 7 nitrogen and oxygen atoms in total. The number of nitrogens with zero attached hydrogens (tertiary/aromatic N) is 3. The number of hydrogen-bond donors (Lipinski definition) is 0. The van der Waals surface area contributed by atoms with Crippen molar-refractivity contribution in [1.29, 1.82) is 0 Å². The lowest BCUT2D eigenvalue weighted by Crippen LogP contribution is -2.29. The van der Waals surface area contributed by atoms with Crippen LogP contribution in [0.4, 0.5) is 5.13 Å². The van der Waals surface area contributed by atoms with Crippen molar-refractivity contribution in [3.05, 3.63) is 80.1 Å². The molecule has 5 rings (SSSR count). The number of hydrogen-bond acceptors (Lipinski definition) is 7. The third kappa shape index (κ3) is 3.60. The summed E-state index contributed by atoms with van der Waals surface area (Å²) in [5, 5.41) is 10.2. The Labute approximate surface area is 194 Å². The van der Waals surface area contributed by atoms with Crippen molar-refractivity contribution in [2.45, 2.75) is 39.7 Å². The van der Waals surface area contributed by atoms with Crippen LogP contribution in [0.1, 0.15) is 58.6 Å². The zero-order valence-corrected chi connectivity index (χ0v) is 19.4. The van der Waals surface area contributed by atoms with E-state index < -0.39 is 11.9 Å². The summed E-state index contributed by atoms with van der Waals surface area (Å²) in [5.41, 5.74) is 2.20. The molecule has 1 aliphatic rings. The summed E-state index contributed by atoms with van der Waals surface area (Å²) in [6.07, 6.45) is 1.58. The fourth-order valence-electron chi connectivity index (χ4n) is 4.08. The van der Waals surface area contributed by atoms with Crippen molar-refractivity contribution in [3.63, 3.8) is 0 Å². The van der Waals surface area contributed by atoms with E-state index in [2.05, 4.69) is 10.2 Å². The van der Waals surface area contributed by atoms with Gasteiger partial charge in [0, 0.05) is 0 Å². The first-order chi connectivity index (χ1) is 16.0. The number of carbonyl (C=O) groups excluding carboxylic acids is 1. The van der Waals surface area contributed by atoms with Crippen LogP contribution in [-0.4, -0.2) is 22.7 Å². The van der Waals surface area contributed by atoms with Crippen LogP contribution in [0.5, 0.6) is 5.75 Å². The number of aromatic nitrogens is 2. The predicted molar refractivity (Wildman–Crippen MR) is 127 cm³/mol. The van der Waals surface area contributed by atoms with E-state index in [4.69, 9.17) is 9.15 Å². The highest BCUT2D eigenvalue weighted by Crippen LogP contribution is 2.42. The molecular weight excluding hydrogens is 438 g/mol. The zero-order chi connectivity index (χ0) is 23.1. The molecule has 0 radical (unpaired) electrons. The minimum atomic E-state index is -0.684. The van der Waals surface area contributed by atoms with Crippen LogP contribution in [-0.2, 0) is 6.42 Å². The van der Waals surface area contributed by atoms with Gasteiger partial charge in [0.15, 0.2) is 5.43 Å². The average Bonchev–Trinajstić information content (AvgIpc) is 3.41. The molecule has 33 heavy (non-hydrogen) atoms. The van der Waals surface area contributed by atoms with E-state index in [0.717, 1.165) is 22.6 Å². The Morgan fingerprint density at radius 1 is 1.12 bits per heavy atom. The number of fused-ring (bicyclic) bond motifs is 2. The van der Waals surface area contributed by atoms with E-state index in [-0.39, 0.29) is 11.2 Å². The molecule has 2 aromatic carbocycles. The van der Waals surface area contributed by atoms with E-state index in [0.29, 0.717) is 40.4 Å².